The maximum atomic E-state index is 12.1. The summed E-state index contributed by atoms with van der Waals surface area (Å²) in [6.07, 6.45) is 5.98. The minimum Gasteiger partial charge on any atom is -0.467 e. The summed E-state index contributed by atoms with van der Waals surface area (Å²) in [6, 6.07) is 8.64. The van der Waals surface area contributed by atoms with Crippen molar-refractivity contribution in [3.63, 3.8) is 0 Å². The number of carbonyl (C=O) groups is 3. The van der Waals surface area contributed by atoms with E-state index in [0.717, 1.165) is 31.2 Å². The zero-order chi connectivity index (χ0) is 19.5. The predicted octanol–water partition coefficient (Wildman–Crippen LogP) is 1.91. The Labute approximate surface area is 160 Å². The maximum absolute atomic E-state index is 12.1. The number of carbonyl (C=O) groups excluding carboxylic acids is 3. The monoisotopic (exact) mass is 375 g/mol. The highest BCUT2D eigenvalue weighted by Gasteiger charge is 2.22. The number of hydrogen-bond acceptors (Lipinski definition) is 4. The number of esters is 1. The van der Waals surface area contributed by atoms with Gasteiger partial charge >= 0.3 is 12.0 Å². The van der Waals surface area contributed by atoms with Crippen molar-refractivity contribution < 1.29 is 19.1 Å². The molecule has 148 valence electrons. The van der Waals surface area contributed by atoms with E-state index in [-0.39, 0.29) is 30.9 Å². The molecule has 1 saturated carbocycles. The molecule has 7 heteroatoms. The fraction of sp³-hybridized carbons (Fsp3) is 0.550. The molecule has 1 atom stereocenters. The van der Waals surface area contributed by atoms with Crippen molar-refractivity contribution in [2.75, 3.05) is 13.7 Å². The first-order chi connectivity index (χ1) is 13.1. The highest BCUT2D eigenvalue weighted by Crippen LogP contribution is 2.17. The van der Waals surface area contributed by atoms with Crippen molar-refractivity contribution in [3.8, 4) is 0 Å². The zero-order valence-corrected chi connectivity index (χ0v) is 15.8. The minimum atomic E-state index is -0.749. The predicted molar refractivity (Wildman–Crippen MR) is 102 cm³/mol. The molecule has 0 aliphatic heterocycles. The summed E-state index contributed by atoms with van der Waals surface area (Å²) in [7, 11) is 1.30. The third kappa shape index (κ3) is 7.68. The molecule has 0 spiro atoms. The molecule has 1 aromatic rings. The lowest BCUT2D eigenvalue weighted by Gasteiger charge is -2.22. The second-order valence-electron chi connectivity index (χ2n) is 6.82. The molecule has 0 aromatic heterocycles. The topological polar surface area (TPSA) is 96.5 Å². The van der Waals surface area contributed by atoms with Crippen LogP contribution in [0.2, 0.25) is 0 Å². The van der Waals surface area contributed by atoms with Crippen molar-refractivity contribution in [1.29, 1.82) is 0 Å². The summed E-state index contributed by atoms with van der Waals surface area (Å²) in [5.41, 5.74) is 0.929. The highest BCUT2D eigenvalue weighted by molar-refractivity contribution is 5.85. The number of benzene rings is 1. The van der Waals surface area contributed by atoms with Crippen LogP contribution in [-0.4, -0.2) is 43.6 Å². The summed E-state index contributed by atoms with van der Waals surface area (Å²) < 4.78 is 4.78. The number of nitrogens with one attached hydrogen (secondary N) is 3. The van der Waals surface area contributed by atoms with Gasteiger partial charge in [0, 0.05) is 25.4 Å². The molecule has 0 bridgehead atoms. The van der Waals surface area contributed by atoms with Crippen LogP contribution in [0.4, 0.5) is 4.79 Å². The first kappa shape index (κ1) is 20.7. The normalized spacial score (nSPS) is 15.4. The fourth-order valence-corrected chi connectivity index (χ4v) is 3.22. The number of ether oxygens (including phenoxy) is 1. The molecule has 0 unspecified atom stereocenters. The van der Waals surface area contributed by atoms with E-state index in [4.69, 9.17) is 4.74 Å². The summed E-state index contributed by atoms with van der Waals surface area (Å²) in [6.45, 7) is 0.212. The molecule has 2 rings (SSSR count). The van der Waals surface area contributed by atoms with E-state index in [2.05, 4.69) is 16.0 Å². The second kappa shape index (κ2) is 11.2. The van der Waals surface area contributed by atoms with Gasteiger partial charge in [0.25, 0.3) is 0 Å². The Morgan fingerprint density at radius 1 is 1.11 bits per heavy atom. The van der Waals surface area contributed by atoms with Crippen LogP contribution in [0.1, 0.15) is 44.1 Å². The molecule has 1 aliphatic carbocycles. The third-order valence-electron chi connectivity index (χ3n) is 4.68. The molecule has 1 aromatic carbocycles. The second-order valence-corrected chi connectivity index (χ2v) is 6.82. The first-order valence-corrected chi connectivity index (χ1v) is 9.54. The molecule has 0 heterocycles. The summed E-state index contributed by atoms with van der Waals surface area (Å²) >= 11 is 0. The van der Waals surface area contributed by atoms with Crippen LogP contribution < -0.4 is 16.0 Å². The molecule has 1 fully saturated rings. The Balaban J connectivity index is 1.72. The van der Waals surface area contributed by atoms with Gasteiger partial charge in [-0.15, -0.1) is 0 Å². The van der Waals surface area contributed by atoms with E-state index in [1.54, 1.807) is 0 Å². The van der Waals surface area contributed by atoms with Gasteiger partial charge in [-0.1, -0.05) is 49.6 Å². The number of amides is 3. The van der Waals surface area contributed by atoms with Crippen LogP contribution in [-0.2, 0) is 20.7 Å². The first-order valence-electron chi connectivity index (χ1n) is 9.54. The Morgan fingerprint density at radius 3 is 2.48 bits per heavy atom. The average Bonchev–Trinajstić information content (AvgIpc) is 2.68. The van der Waals surface area contributed by atoms with Crippen LogP contribution in [0.3, 0.4) is 0 Å². The lowest BCUT2D eigenvalue weighted by Crippen LogP contribution is -2.46. The Morgan fingerprint density at radius 2 is 1.81 bits per heavy atom. The van der Waals surface area contributed by atoms with Gasteiger partial charge in [0.05, 0.1) is 7.11 Å². The average molecular weight is 375 g/mol. The Kier molecular flexibility index (Phi) is 8.61. The van der Waals surface area contributed by atoms with Gasteiger partial charge in [-0.05, 0) is 18.4 Å². The third-order valence-corrected chi connectivity index (χ3v) is 4.68. The van der Waals surface area contributed by atoms with E-state index in [9.17, 15) is 14.4 Å². The lowest BCUT2D eigenvalue weighted by molar-refractivity contribution is -0.145. The van der Waals surface area contributed by atoms with Crippen molar-refractivity contribution in [1.82, 2.24) is 16.0 Å². The molecular formula is C20H29N3O4. The van der Waals surface area contributed by atoms with E-state index >= 15 is 0 Å². The van der Waals surface area contributed by atoms with Crippen molar-refractivity contribution in [3.05, 3.63) is 35.9 Å². The van der Waals surface area contributed by atoms with Crippen molar-refractivity contribution >= 4 is 17.9 Å². The van der Waals surface area contributed by atoms with Gasteiger partial charge in [0.1, 0.15) is 6.04 Å². The number of urea groups is 1. The van der Waals surface area contributed by atoms with Crippen LogP contribution in [0, 0.1) is 0 Å². The van der Waals surface area contributed by atoms with E-state index < -0.39 is 12.0 Å². The van der Waals surface area contributed by atoms with Crippen LogP contribution in [0.15, 0.2) is 30.3 Å². The van der Waals surface area contributed by atoms with Crippen LogP contribution in [0.25, 0.3) is 0 Å². The Bertz CT molecular complexity index is 615. The summed E-state index contributed by atoms with van der Waals surface area (Å²) in [5, 5.41) is 8.32. The SMILES string of the molecule is COC(=O)[C@H](Cc1ccccc1)NC(=O)CCNC(=O)NC1CCCCC1. The number of hydrogen-bond donors (Lipinski definition) is 3. The highest BCUT2D eigenvalue weighted by atomic mass is 16.5. The van der Waals surface area contributed by atoms with E-state index in [0.29, 0.717) is 6.42 Å². The molecule has 3 amide bonds. The fourth-order valence-electron chi connectivity index (χ4n) is 3.22. The largest absolute Gasteiger partial charge is 0.467 e. The van der Waals surface area contributed by atoms with Crippen molar-refractivity contribution in [2.45, 2.75) is 57.0 Å². The number of rotatable bonds is 8. The zero-order valence-electron chi connectivity index (χ0n) is 15.8. The van der Waals surface area contributed by atoms with Crippen molar-refractivity contribution in [2.24, 2.45) is 0 Å². The van der Waals surface area contributed by atoms with E-state index in [1.165, 1.54) is 13.5 Å². The molecule has 7 nitrogen and oxygen atoms in total. The molecular weight excluding hydrogens is 346 g/mol. The van der Waals surface area contributed by atoms with Gasteiger partial charge in [-0.2, -0.15) is 0 Å². The van der Waals surface area contributed by atoms with Gasteiger partial charge in [-0.3, -0.25) is 4.79 Å². The lowest BCUT2D eigenvalue weighted by atomic mass is 9.96. The molecule has 0 saturated heterocycles. The Hall–Kier alpha value is -2.57. The summed E-state index contributed by atoms with van der Waals surface area (Å²) in [4.78, 5) is 36.0. The van der Waals surface area contributed by atoms with Gasteiger partial charge in [-0.25, -0.2) is 9.59 Å². The quantitative estimate of drug-likeness (QED) is 0.605. The van der Waals surface area contributed by atoms with Crippen LogP contribution >= 0.6 is 0 Å². The number of methoxy groups -OCH3 is 1. The van der Waals surface area contributed by atoms with Gasteiger partial charge in [0.15, 0.2) is 0 Å². The minimum absolute atomic E-state index is 0.0976. The maximum Gasteiger partial charge on any atom is 0.328 e. The molecule has 27 heavy (non-hydrogen) atoms. The standard InChI is InChI=1S/C20H29N3O4/c1-27-19(25)17(14-15-8-4-2-5-9-15)23-18(24)12-13-21-20(26)22-16-10-6-3-7-11-16/h2,4-5,8-9,16-17H,3,6-7,10-14H2,1H3,(H,23,24)(H2,21,22,26)/t17-/m0/s1. The molecule has 1 aliphatic rings. The molecule has 3 N–H and O–H groups in total. The van der Waals surface area contributed by atoms with Crippen LogP contribution in [0.5, 0.6) is 0 Å². The van der Waals surface area contributed by atoms with E-state index in [1.807, 2.05) is 30.3 Å². The van der Waals surface area contributed by atoms with Gasteiger partial charge in [0.2, 0.25) is 5.91 Å². The summed E-state index contributed by atoms with van der Waals surface area (Å²) in [5.74, 6) is -0.797. The van der Waals surface area contributed by atoms with Gasteiger partial charge < -0.3 is 20.7 Å². The smallest absolute Gasteiger partial charge is 0.328 e. The molecule has 0 radical (unpaired) electrons.